The normalized spacial score (nSPS) is 16.3. The van der Waals surface area contributed by atoms with Gasteiger partial charge in [0.1, 0.15) is 11.9 Å². The molecule has 9 heteroatoms. The summed E-state index contributed by atoms with van der Waals surface area (Å²) in [4.78, 5) is 4.08. The highest BCUT2D eigenvalue weighted by molar-refractivity contribution is 5.57. The zero-order chi connectivity index (χ0) is 19.5. The minimum atomic E-state index is -1.54. The minimum Gasteiger partial charge on any atom is -0.486 e. The first kappa shape index (κ1) is 18.3. The van der Waals surface area contributed by atoms with Crippen molar-refractivity contribution in [2.24, 2.45) is 0 Å². The molecule has 6 nitrogen and oxygen atoms in total. The molecule has 1 aliphatic rings. The molecule has 0 saturated carbocycles. The molecule has 146 valence electrons. The van der Waals surface area contributed by atoms with E-state index in [-0.39, 0.29) is 29.9 Å². The average molecular weight is 391 g/mol. The molecule has 0 aliphatic carbocycles. The first-order valence-corrected chi connectivity index (χ1v) is 8.65. The maximum atomic E-state index is 13.4. The Hall–Kier alpha value is -3.07. The smallest absolute Gasteiger partial charge is 0.246 e. The third kappa shape index (κ3) is 3.94. The first-order valence-electron chi connectivity index (χ1n) is 8.65. The van der Waals surface area contributed by atoms with Crippen molar-refractivity contribution in [3.05, 3.63) is 59.7 Å². The number of benzene rings is 2. The van der Waals surface area contributed by atoms with Crippen molar-refractivity contribution in [1.82, 2.24) is 10.1 Å². The zero-order valence-corrected chi connectivity index (χ0v) is 14.6. The molecule has 2 aromatic carbocycles. The molecule has 0 unspecified atom stereocenters. The highest BCUT2D eigenvalue weighted by atomic mass is 19.2. The number of nitrogens with zero attached hydrogens (tertiary/aromatic N) is 2. The SMILES string of the molecule is Fc1cc(-c2noc(CNc3ccccc3O[C@H]3CCOC3)n2)cc(F)c1F. The first-order chi connectivity index (χ1) is 13.6. The number of anilines is 1. The Balaban J connectivity index is 1.45. The Kier molecular flexibility index (Phi) is 5.16. The van der Waals surface area contributed by atoms with E-state index in [2.05, 4.69) is 15.5 Å². The number of ether oxygens (including phenoxy) is 2. The van der Waals surface area contributed by atoms with Crippen LogP contribution >= 0.6 is 0 Å². The number of nitrogens with one attached hydrogen (secondary N) is 1. The van der Waals surface area contributed by atoms with E-state index < -0.39 is 17.5 Å². The van der Waals surface area contributed by atoms with Gasteiger partial charge in [0.15, 0.2) is 17.5 Å². The molecule has 0 spiro atoms. The quantitative estimate of drug-likeness (QED) is 0.642. The van der Waals surface area contributed by atoms with Crippen molar-refractivity contribution in [3.63, 3.8) is 0 Å². The van der Waals surface area contributed by atoms with Gasteiger partial charge in [-0.25, -0.2) is 13.2 Å². The number of halogens is 3. The van der Waals surface area contributed by atoms with Crippen LogP contribution in [0.5, 0.6) is 5.75 Å². The van der Waals surface area contributed by atoms with Crippen molar-refractivity contribution in [3.8, 4) is 17.1 Å². The van der Waals surface area contributed by atoms with Crippen molar-refractivity contribution < 1.29 is 27.2 Å². The summed E-state index contributed by atoms with van der Waals surface area (Å²) in [6.45, 7) is 1.39. The van der Waals surface area contributed by atoms with Gasteiger partial charge in [-0.05, 0) is 24.3 Å². The van der Waals surface area contributed by atoms with Gasteiger partial charge < -0.3 is 19.3 Å². The lowest BCUT2D eigenvalue weighted by Gasteiger charge is -2.15. The molecule has 1 N–H and O–H groups in total. The molecular formula is C19H16F3N3O3. The van der Waals surface area contributed by atoms with E-state index in [1.807, 2.05) is 24.3 Å². The van der Waals surface area contributed by atoms with Gasteiger partial charge in [-0.1, -0.05) is 17.3 Å². The van der Waals surface area contributed by atoms with Crippen LogP contribution in [0.15, 0.2) is 40.9 Å². The molecule has 2 heterocycles. The van der Waals surface area contributed by atoms with E-state index in [1.165, 1.54) is 0 Å². The van der Waals surface area contributed by atoms with Crippen molar-refractivity contribution in [2.45, 2.75) is 19.1 Å². The highest BCUT2D eigenvalue weighted by Crippen LogP contribution is 2.27. The molecule has 1 saturated heterocycles. The summed E-state index contributed by atoms with van der Waals surface area (Å²) in [5.41, 5.74) is 0.712. The monoisotopic (exact) mass is 391 g/mol. The van der Waals surface area contributed by atoms with Gasteiger partial charge in [0, 0.05) is 12.0 Å². The summed E-state index contributed by atoms with van der Waals surface area (Å²) in [6, 6.07) is 9.01. The van der Waals surface area contributed by atoms with Gasteiger partial charge >= 0.3 is 0 Å². The predicted molar refractivity (Wildman–Crippen MR) is 93.2 cm³/mol. The molecule has 1 fully saturated rings. The summed E-state index contributed by atoms with van der Waals surface area (Å²) < 4.78 is 56.2. The van der Waals surface area contributed by atoms with Gasteiger partial charge in [-0.2, -0.15) is 4.98 Å². The van der Waals surface area contributed by atoms with Gasteiger partial charge in [-0.15, -0.1) is 0 Å². The van der Waals surface area contributed by atoms with E-state index in [1.54, 1.807) is 0 Å². The van der Waals surface area contributed by atoms with Crippen LogP contribution in [0.2, 0.25) is 0 Å². The van der Waals surface area contributed by atoms with Crippen LogP contribution in [0.25, 0.3) is 11.4 Å². The Labute approximate surface area is 158 Å². The van der Waals surface area contributed by atoms with Crippen LogP contribution in [0.1, 0.15) is 12.3 Å². The second-order valence-electron chi connectivity index (χ2n) is 6.22. The fourth-order valence-electron chi connectivity index (χ4n) is 2.80. The topological polar surface area (TPSA) is 69.4 Å². The summed E-state index contributed by atoms with van der Waals surface area (Å²) in [6.07, 6.45) is 0.827. The third-order valence-corrected chi connectivity index (χ3v) is 4.21. The lowest BCUT2D eigenvalue weighted by Crippen LogP contribution is -2.16. The molecule has 0 bridgehead atoms. The zero-order valence-electron chi connectivity index (χ0n) is 14.6. The minimum absolute atomic E-state index is 0.00114. The van der Waals surface area contributed by atoms with Crippen molar-refractivity contribution in [1.29, 1.82) is 0 Å². The average Bonchev–Trinajstić information content (AvgIpc) is 3.37. The summed E-state index contributed by atoms with van der Waals surface area (Å²) in [5.74, 6) is -3.36. The molecule has 0 radical (unpaired) electrons. The van der Waals surface area contributed by atoms with Crippen LogP contribution in [-0.2, 0) is 11.3 Å². The van der Waals surface area contributed by atoms with Crippen molar-refractivity contribution in [2.75, 3.05) is 18.5 Å². The van der Waals surface area contributed by atoms with E-state index in [4.69, 9.17) is 14.0 Å². The van der Waals surface area contributed by atoms with Gasteiger partial charge in [0.2, 0.25) is 11.7 Å². The second-order valence-corrected chi connectivity index (χ2v) is 6.22. The summed E-state index contributed by atoms with van der Waals surface area (Å²) in [5, 5.41) is 6.82. The van der Waals surface area contributed by atoms with Crippen LogP contribution in [0.3, 0.4) is 0 Å². The fourth-order valence-corrected chi connectivity index (χ4v) is 2.80. The molecule has 3 aromatic rings. The van der Waals surface area contributed by atoms with Gasteiger partial charge in [-0.3, -0.25) is 0 Å². The molecular weight excluding hydrogens is 375 g/mol. The van der Waals surface area contributed by atoms with E-state index in [0.29, 0.717) is 19.0 Å². The predicted octanol–water partition coefficient (Wildman–Crippen LogP) is 3.93. The Bertz CT molecular complexity index is 951. The number of para-hydroxylation sites is 2. The van der Waals surface area contributed by atoms with Crippen LogP contribution in [0.4, 0.5) is 18.9 Å². The summed E-state index contributed by atoms with van der Waals surface area (Å²) in [7, 11) is 0. The number of aromatic nitrogens is 2. The Morgan fingerprint density at radius 2 is 1.93 bits per heavy atom. The van der Waals surface area contributed by atoms with Crippen LogP contribution in [0, 0.1) is 17.5 Å². The molecule has 4 rings (SSSR count). The summed E-state index contributed by atoms with van der Waals surface area (Å²) >= 11 is 0. The molecule has 1 atom stereocenters. The number of hydrogen-bond donors (Lipinski definition) is 1. The molecule has 1 aliphatic heterocycles. The van der Waals surface area contributed by atoms with Crippen LogP contribution < -0.4 is 10.1 Å². The Morgan fingerprint density at radius 3 is 2.68 bits per heavy atom. The van der Waals surface area contributed by atoms with Crippen LogP contribution in [-0.4, -0.2) is 29.5 Å². The fraction of sp³-hybridized carbons (Fsp3) is 0.263. The lowest BCUT2D eigenvalue weighted by molar-refractivity contribution is 0.142. The van der Waals surface area contributed by atoms with E-state index in [9.17, 15) is 13.2 Å². The molecule has 0 amide bonds. The van der Waals surface area contributed by atoms with Gasteiger partial charge in [0.05, 0.1) is 25.4 Å². The molecule has 1 aromatic heterocycles. The second kappa shape index (κ2) is 7.89. The maximum absolute atomic E-state index is 13.4. The Morgan fingerprint density at radius 1 is 1.14 bits per heavy atom. The molecule has 28 heavy (non-hydrogen) atoms. The third-order valence-electron chi connectivity index (χ3n) is 4.21. The number of hydrogen-bond acceptors (Lipinski definition) is 6. The van der Waals surface area contributed by atoms with Crippen molar-refractivity contribution >= 4 is 5.69 Å². The lowest BCUT2D eigenvalue weighted by atomic mass is 10.2. The maximum Gasteiger partial charge on any atom is 0.246 e. The van der Waals surface area contributed by atoms with Gasteiger partial charge in [0.25, 0.3) is 0 Å². The number of rotatable bonds is 6. The highest BCUT2D eigenvalue weighted by Gasteiger charge is 2.19. The largest absolute Gasteiger partial charge is 0.486 e. The van der Waals surface area contributed by atoms with E-state index >= 15 is 0 Å². The standard InChI is InChI=1S/C19H16F3N3O3/c20-13-7-11(8-14(21)18(13)22)19-24-17(28-25-19)9-23-15-3-1-2-4-16(15)27-12-5-6-26-10-12/h1-4,7-8,12,23H,5-6,9-10H2/t12-/m0/s1. The van der Waals surface area contributed by atoms with E-state index in [0.717, 1.165) is 24.2 Å².